The van der Waals surface area contributed by atoms with Crippen LogP contribution in [0.25, 0.3) is 0 Å². The van der Waals surface area contributed by atoms with Gasteiger partial charge in [0.05, 0.1) is 17.5 Å². The Hall–Kier alpha value is -2.35. The number of rotatable bonds is 5. The fourth-order valence-corrected chi connectivity index (χ4v) is 2.25. The average Bonchev–Trinajstić information content (AvgIpc) is 2.85. The summed E-state index contributed by atoms with van der Waals surface area (Å²) in [7, 11) is -3.27. The van der Waals surface area contributed by atoms with Crippen LogP contribution < -0.4 is 5.32 Å². The third-order valence-corrected chi connectivity index (χ3v) is 3.67. The van der Waals surface area contributed by atoms with Crippen molar-refractivity contribution < 1.29 is 17.8 Å². The topological polar surface area (TPSA) is 102 Å². The lowest BCUT2D eigenvalue weighted by molar-refractivity contribution is -0.402. The molecule has 2 rings (SSSR count). The highest BCUT2D eigenvalue weighted by Crippen LogP contribution is 2.19. The van der Waals surface area contributed by atoms with Gasteiger partial charge >= 0.3 is 5.88 Å². The van der Waals surface area contributed by atoms with Crippen LogP contribution in [0.3, 0.4) is 0 Å². The first kappa shape index (κ1) is 14.1. The van der Waals surface area contributed by atoms with Crippen LogP contribution in [0.15, 0.2) is 45.7 Å². The maximum absolute atomic E-state index is 11.4. The predicted molar refractivity (Wildman–Crippen MR) is 72.2 cm³/mol. The highest BCUT2D eigenvalue weighted by atomic mass is 32.2. The Labute approximate surface area is 115 Å². The van der Waals surface area contributed by atoms with Crippen LogP contribution in [0.1, 0.15) is 5.76 Å². The van der Waals surface area contributed by atoms with Crippen LogP contribution >= 0.6 is 0 Å². The van der Waals surface area contributed by atoms with Crippen molar-refractivity contribution in [3.63, 3.8) is 0 Å². The first-order valence-corrected chi connectivity index (χ1v) is 7.52. The summed E-state index contributed by atoms with van der Waals surface area (Å²) in [6.45, 7) is 0.223. The van der Waals surface area contributed by atoms with Gasteiger partial charge in [0.25, 0.3) is 0 Å². The first-order chi connectivity index (χ1) is 9.36. The van der Waals surface area contributed by atoms with Crippen molar-refractivity contribution in [1.82, 2.24) is 0 Å². The molecule has 1 heterocycles. The van der Waals surface area contributed by atoms with Gasteiger partial charge in [-0.25, -0.2) is 8.42 Å². The summed E-state index contributed by atoms with van der Waals surface area (Å²) in [4.78, 5) is 10.1. The Balaban J connectivity index is 2.09. The molecule has 1 aromatic carbocycles. The lowest BCUT2D eigenvalue weighted by Crippen LogP contribution is -2.01. The molecule has 0 radical (unpaired) electrons. The molecule has 0 saturated carbocycles. The average molecular weight is 296 g/mol. The van der Waals surface area contributed by atoms with Crippen LogP contribution in [0.4, 0.5) is 11.6 Å². The molecule has 0 aliphatic heterocycles. The molecular weight excluding hydrogens is 284 g/mol. The second-order valence-electron chi connectivity index (χ2n) is 4.15. The van der Waals surface area contributed by atoms with Crippen LogP contribution in [0.5, 0.6) is 0 Å². The SMILES string of the molecule is CS(=O)(=O)c1cccc(NCc2ccc([N+](=O)[O-])o2)c1. The van der Waals surface area contributed by atoms with Crippen molar-refractivity contribution in [2.45, 2.75) is 11.4 Å². The number of nitrogens with one attached hydrogen (secondary N) is 1. The van der Waals surface area contributed by atoms with Crippen molar-refractivity contribution in [2.24, 2.45) is 0 Å². The standard InChI is InChI=1S/C12H12N2O5S/c1-20(17,18)11-4-2-3-9(7-11)13-8-10-5-6-12(19-10)14(15)16/h2-7,13H,8H2,1H3. The molecule has 8 heteroatoms. The smallest absolute Gasteiger partial charge is 0.404 e. The third kappa shape index (κ3) is 3.35. The Morgan fingerprint density at radius 3 is 2.65 bits per heavy atom. The Morgan fingerprint density at radius 2 is 2.05 bits per heavy atom. The zero-order valence-electron chi connectivity index (χ0n) is 10.6. The molecule has 1 N–H and O–H groups in total. The van der Waals surface area contributed by atoms with Crippen molar-refractivity contribution in [1.29, 1.82) is 0 Å². The van der Waals surface area contributed by atoms with E-state index in [0.717, 1.165) is 6.26 Å². The summed E-state index contributed by atoms with van der Waals surface area (Å²) in [5.41, 5.74) is 0.590. The molecule has 0 amide bonds. The zero-order valence-corrected chi connectivity index (χ0v) is 11.4. The second kappa shape index (κ2) is 5.33. The number of sulfone groups is 1. The Kier molecular flexibility index (Phi) is 3.75. The summed E-state index contributed by atoms with van der Waals surface area (Å²) in [5, 5.41) is 13.4. The van der Waals surface area contributed by atoms with E-state index in [9.17, 15) is 18.5 Å². The quantitative estimate of drug-likeness (QED) is 0.670. The van der Waals surface area contributed by atoms with E-state index in [1.165, 1.54) is 24.3 Å². The highest BCUT2D eigenvalue weighted by molar-refractivity contribution is 7.90. The zero-order chi connectivity index (χ0) is 14.8. The Bertz CT molecular complexity index is 736. The van der Waals surface area contributed by atoms with Crippen molar-refractivity contribution in [3.05, 3.63) is 52.3 Å². The van der Waals surface area contributed by atoms with E-state index >= 15 is 0 Å². The molecular formula is C12H12N2O5S. The lowest BCUT2D eigenvalue weighted by Gasteiger charge is -2.05. The molecule has 0 aliphatic rings. The van der Waals surface area contributed by atoms with Gasteiger partial charge in [-0.05, 0) is 24.3 Å². The third-order valence-electron chi connectivity index (χ3n) is 2.56. The van der Waals surface area contributed by atoms with Gasteiger partial charge in [0.1, 0.15) is 10.7 Å². The van der Waals surface area contributed by atoms with E-state index in [1.54, 1.807) is 12.1 Å². The number of anilines is 1. The van der Waals surface area contributed by atoms with Crippen LogP contribution in [0.2, 0.25) is 0 Å². The molecule has 1 aromatic heterocycles. The minimum atomic E-state index is -3.27. The molecule has 0 fully saturated rings. The molecule has 106 valence electrons. The van der Waals surface area contributed by atoms with Crippen molar-refractivity contribution >= 4 is 21.4 Å². The van der Waals surface area contributed by atoms with Gasteiger partial charge in [0, 0.05) is 11.9 Å². The maximum atomic E-state index is 11.4. The molecule has 2 aromatic rings. The largest absolute Gasteiger partial charge is 0.433 e. The van der Waals surface area contributed by atoms with Gasteiger partial charge in [-0.2, -0.15) is 0 Å². The van der Waals surface area contributed by atoms with Gasteiger partial charge < -0.3 is 9.73 Å². The number of benzene rings is 1. The Morgan fingerprint density at radius 1 is 1.30 bits per heavy atom. The fraction of sp³-hybridized carbons (Fsp3) is 0.167. The molecule has 0 aliphatic carbocycles. The molecule has 0 atom stereocenters. The minimum Gasteiger partial charge on any atom is -0.404 e. The van der Waals surface area contributed by atoms with Gasteiger partial charge in [-0.15, -0.1) is 0 Å². The highest BCUT2D eigenvalue weighted by Gasteiger charge is 2.12. The number of hydrogen-bond donors (Lipinski definition) is 1. The van der Waals surface area contributed by atoms with Crippen LogP contribution in [-0.2, 0) is 16.4 Å². The molecule has 0 unspecified atom stereocenters. The van der Waals surface area contributed by atoms with Crippen molar-refractivity contribution in [2.75, 3.05) is 11.6 Å². The van der Waals surface area contributed by atoms with Crippen LogP contribution in [0, 0.1) is 10.1 Å². The lowest BCUT2D eigenvalue weighted by atomic mass is 10.3. The summed E-state index contributed by atoms with van der Waals surface area (Å²) in [6.07, 6.45) is 1.13. The fourth-order valence-electron chi connectivity index (χ4n) is 1.59. The van der Waals surface area contributed by atoms with E-state index in [0.29, 0.717) is 11.4 Å². The normalized spacial score (nSPS) is 11.2. The molecule has 0 saturated heterocycles. The molecule has 7 nitrogen and oxygen atoms in total. The van der Waals surface area contributed by atoms with Gasteiger partial charge in [-0.1, -0.05) is 6.07 Å². The maximum Gasteiger partial charge on any atom is 0.433 e. The minimum absolute atomic E-state index is 0.202. The number of hydrogen-bond acceptors (Lipinski definition) is 6. The second-order valence-corrected chi connectivity index (χ2v) is 6.17. The van der Waals surface area contributed by atoms with Crippen LogP contribution in [-0.4, -0.2) is 19.6 Å². The van der Waals surface area contributed by atoms with Crippen molar-refractivity contribution in [3.8, 4) is 0 Å². The monoisotopic (exact) mass is 296 g/mol. The van der Waals surface area contributed by atoms with E-state index in [4.69, 9.17) is 4.42 Å². The molecule has 0 spiro atoms. The van der Waals surface area contributed by atoms with E-state index < -0.39 is 14.8 Å². The van der Waals surface area contributed by atoms with E-state index in [-0.39, 0.29) is 17.3 Å². The summed E-state index contributed by atoms with van der Waals surface area (Å²) in [6, 6.07) is 9.07. The predicted octanol–water partition coefficient (Wildman–Crippen LogP) is 2.20. The van der Waals surface area contributed by atoms with Gasteiger partial charge in [0.2, 0.25) is 0 Å². The van der Waals surface area contributed by atoms with E-state index in [2.05, 4.69) is 5.32 Å². The van der Waals surface area contributed by atoms with Gasteiger partial charge in [-0.3, -0.25) is 10.1 Å². The van der Waals surface area contributed by atoms with Gasteiger partial charge in [0.15, 0.2) is 9.84 Å². The number of nitro groups is 1. The summed E-state index contributed by atoms with van der Waals surface area (Å²) in [5.74, 6) is 0.0631. The van der Waals surface area contributed by atoms with E-state index in [1.807, 2.05) is 0 Å². The number of furan rings is 1. The number of nitrogens with zero attached hydrogens (tertiary/aromatic N) is 1. The summed E-state index contributed by atoms with van der Waals surface area (Å²) >= 11 is 0. The first-order valence-electron chi connectivity index (χ1n) is 5.63. The molecule has 20 heavy (non-hydrogen) atoms. The summed E-state index contributed by atoms with van der Waals surface area (Å²) < 4.78 is 27.8. The molecule has 0 bridgehead atoms.